The summed E-state index contributed by atoms with van der Waals surface area (Å²) in [5.41, 5.74) is 2.19. The number of carboxylic acids is 1. The first-order valence-corrected chi connectivity index (χ1v) is 10.2. The Labute approximate surface area is 160 Å². The molecule has 0 bridgehead atoms. The number of nitrogens with zero attached hydrogens (tertiary/aromatic N) is 1. The fourth-order valence-corrected chi connectivity index (χ4v) is 4.38. The van der Waals surface area contributed by atoms with Crippen LogP contribution >= 0.6 is 35.7 Å². The molecule has 0 saturated carbocycles. The van der Waals surface area contributed by atoms with Crippen molar-refractivity contribution in [1.29, 1.82) is 0 Å². The van der Waals surface area contributed by atoms with Crippen LogP contribution in [0.3, 0.4) is 0 Å². The number of phenols is 1. The third-order valence-electron chi connectivity index (χ3n) is 3.83. The summed E-state index contributed by atoms with van der Waals surface area (Å²) in [6, 6.07) is 2.60. The molecule has 2 N–H and O–H groups in total. The Hall–Kier alpha value is -1.51. The van der Waals surface area contributed by atoms with E-state index in [1.54, 1.807) is 32.1 Å². The average molecular weight is 398 g/mol. The zero-order chi connectivity index (χ0) is 18.7. The SMILES string of the molecule is CSCC[C@H](C(=O)O)N1C(=O)/C(=C\c2cc(C)c(O)c(C)c2)SC1=S. The Morgan fingerprint density at radius 1 is 1.40 bits per heavy atom. The van der Waals surface area contributed by atoms with Crippen molar-refractivity contribution in [2.24, 2.45) is 0 Å². The number of hydrogen-bond donors (Lipinski definition) is 2. The molecule has 0 aliphatic carbocycles. The lowest BCUT2D eigenvalue weighted by molar-refractivity contribution is -0.145. The van der Waals surface area contributed by atoms with Gasteiger partial charge in [0.05, 0.1) is 4.91 Å². The van der Waals surface area contributed by atoms with E-state index in [1.807, 2.05) is 6.26 Å². The maximum absolute atomic E-state index is 12.7. The van der Waals surface area contributed by atoms with Gasteiger partial charge in [-0.2, -0.15) is 11.8 Å². The zero-order valence-electron chi connectivity index (χ0n) is 14.1. The average Bonchev–Trinajstić information content (AvgIpc) is 2.80. The van der Waals surface area contributed by atoms with Gasteiger partial charge in [-0.25, -0.2) is 4.79 Å². The van der Waals surface area contributed by atoms with E-state index in [0.29, 0.717) is 28.2 Å². The second-order valence-corrected chi connectivity index (χ2v) is 8.35. The van der Waals surface area contributed by atoms with Gasteiger partial charge in [0.2, 0.25) is 0 Å². The molecule has 0 radical (unpaired) electrons. The fourth-order valence-electron chi connectivity index (χ4n) is 2.57. The van der Waals surface area contributed by atoms with E-state index in [0.717, 1.165) is 17.3 Å². The van der Waals surface area contributed by atoms with E-state index < -0.39 is 12.0 Å². The third kappa shape index (κ3) is 4.37. The van der Waals surface area contributed by atoms with Gasteiger partial charge in [-0.15, -0.1) is 0 Å². The van der Waals surface area contributed by atoms with E-state index >= 15 is 0 Å². The second kappa shape index (κ2) is 8.25. The van der Waals surface area contributed by atoms with Crippen molar-refractivity contribution in [3.8, 4) is 5.75 Å². The number of phenolic OH excluding ortho intramolecular Hbond substituents is 1. The number of aliphatic carboxylic acids is 1. The zero-order valence-corrected chi connectivity index (χ0v) is 16.6. The summed E-state index contributed by atoms with van der Waals surface area (Å²) in [5, 5.41) is 19.3. The number of amides is 1. The minimum Gasteiger partial charge on any atom is -0.507 e. The van der Waals surface area contributed by atoms with E-state index in [2.05, 4.69) is 0 Å². The molecule has 1 atom stereocenters. The molecule has 1 saturated heterocycles. The Balaban J connectivity index is 2.32. The number of carbonyl (C=O) groups is 2. The van der Waals surface area contributed by atoms with Gasteiger partial charge in [-0.05, 0) is 67.2 Å². The lowest BCUT2D eigenvalue weighted by Crippen LogP contribution is -2.44. The monoisotopic (exact) mass is 397 g/mol. The predicted octanol–water partition coefficient (Wildman–Crippen LogP) is 3.42. The third-order valence-corrected chi connectivity index (χ3v) is 5.80. The highest BCUT2D eigenvalue weighted by Gasteiger charge is 2.40. The summed E-state index contributed by atoms with van der Waals surface area (Å²) in [6.45, 7) is 3.57. The molecule has 1 heterocycles. The molecule has 5 nitrogen and oxygen atoms in total. The molecule has 0 unspecified atom stereocenters. The first-order chi connectivity index (χ1) is 11.8. The number of carboxylic acid groups (broad SMARTS) is 1. The minimum atomic E-state index is -1.05. The number of rotatable bonds is 6. The highest BCUT2D eigenvalue weighted by atomic mass is 32.2. The van der Waals surface area contributed by atoms with E-state index in [-0.39, 0.29) is 16.0 Å². The van der Waals surface area contributed by atoms with Crippen LogP contribution in [0.1, 0.15) is 23.1 Å². The van der Waals surface area contributed by atoms with E-state index in [4.69, 9.17) is 12.2 Å². The summed E-state index contributed by atoms with van der Waals surface area (Å²) in [4.78, 5) is 25.8. The second-order valence-electron chi connectivity index (χ2n) is 5.69. The summed E-state index contributed by atoms with van der Waals surface area (Å²) >= 11 is 7.88. The maximum atomic E-state index is 12.7. The summed E-state index contributed by atoms with van der Waals surface area (Å²) < 4.78 is 0.261. The van der Waals surface area contributed by atoms with Gasteiger partial charge in [-0.3, -0.25) is 9.69 Å². The number of thioether (sulfide) groups is 2. The smallest absolute Gasteiger partial charge is 0.326 e. The molecule has 0 spiro atoms. The molecule has 1 aliphatic heterocycles. The highest BCUT2D eigenvalue weighted by Crippen LogP contribution is 2.35. The number of thiocarbonyl (C=S) groups is 1. The normalized spacial score (nSPS) is 17.4. The molecule has 134 valence electrons. The first-order valence-electron chi connectivity index (χ1n) is 7.55. The lowest BCUT2D eigenvalue weighted by Gasteiger charge is -2.22. The Bertz CT molecular complexity index is 737. The van der Waals surface area contributed by atoms with Crippen LogP contribution in [-0.4, -0.2) is 49.4 Å². The molecule has 1 aliphatic rings. The van der Waals surface area contributed by atoms with Crippen molar-refractivity contribution in [3.05, 3.63) is 33.7 Å². The minimum absolute atomic E-state index is 0.229. The van der Waals surface area contributed by atoms with Crippen LogP contribution in [0.15, 0.2) is 17.0 Å². The molecule has 1 aromatic carbocycles. The van der Waals surface area contributed by atoms with Crippen molar-refractivity contribution in [3.63, 3.8) is 0 Å². The van der Waals surface area contributed by atoms with Crippen LogP contribution in [0, 0.1) is 13.8 Å². The number of hydrogen-bond acceptors (Lipinski definition) is 6. The summed E-state index contributed by atoms with van der Waals surface area (Å²) in [5.74, 6) is -0.578. The van der Waals surface area contributed by atoms with Crippen LogP contribution in [0.4, 0.5) is 0 Å². The lowest BCUT2D eigenvalue weighted by atomic mass is 10.1. The number of carbonyl (C=O) groups excluding carboxylic acids is 1. The van der Waals surface area contributed by atoms with E-state index in [9.17, 15) is 19.8 Å². The van der Waals surface area contributed by atoms with Crippen molar-refractivity contribution in [2.75, 3.05) is 12.0 Å². The van der Waals surface area contributed by atoms with Crippen LogP contribution in [0.5, 0.6) is 5.75 Å². The Morgan fingerprint density at radius 2 is 2.00 bits per heavy atom. The first kappa shape index (κ1) is 19.8. The Morgan fingerprint density at radius 3 is 2.52 bits per heavy atom. The summed E-state index contributed by atoms with van der Waals surface area (Å²) in [6.07, 6.45) is 3.92. The van der Waals surface area contributed by atoms with Gasteiger partial charge in [0.25, 0.3) is 5.91 Å². The van der Waals surface area contributed by atoms with Crippen molar-refractivity contribution >= 4 is 58.0 Å². The fraction of sp³-hybridized carbons (Fsp3) is 0.353. The van der Waals surface area contributed by atoms with Crippen LogP contribution in [-0.2, 0) is 9.59 Å². The summed E-state index contributed by atoms with van der Waals surface area (Å²) in [7, 11) is 0. The number of benzene rings is 1. The number of aromatic hydroxyl groups is 1. The van der Waals surface area contributed by atoms with Crippen molar-refractivity contribution < 1.29 is 19.8 Å². The molecule has 1 amide bonds. The quantitative estimate of drug-likeness (QED) is 0.562. The van der Waals surface area contributed by atoms with Gasteiger partial charge < -0.3 is 10.2 Å². The molecular formula is C17H19NO4S3. The van der Waals surface area contributed by atoms with Gasteiger partial charge in [0.15, 0.2) is 0 Å². The van der Waals surface area contributed by atoms with Gasteiger partial charge in [0.1, 0.15) is 16.1 Å². The Kier molecular flexibility index (Phi) is 6.53. The standard InChI is InChI=1S/C17H19NO4S3/c1-9-6-11(7-10(2)14(9)19)8-13-15(20)18(17(23)25-13)12(16(21)22)4-5-24-3/h6-8,12,19H,4-5H2,1-3H3,(H,21,22)/b13-8+/t12-/m1/s1. The van der Waals surface area contributed by atoms with Crippen molar-refractivity contribution in [1.82, 2.24) is 4.90 Å². The molecule has 1 aromatic rings. The van der Waals surface area contributed by atoms with Crippen molar-refractivity contribution in [2.45, 2.75) is 26.3 Å². The van der Waals surface area contributed by atoms with Gasteiger partial charge in [0, 0.05) is 0 Å². The van der Waals surface area contributed by atoms with Gasteiger partial charge >= 0.3 is 5.97 Å². The molecule has 8 heteroatoms. The maximum Gasteiger partial charge on any atom is 0.326 e. The predicted molar refractivity (Wildman–Crippen MR) is 107 cm³/mol. The number of aryl methyl sites for hydroxylation is 2. The topological polar surface area (TPSA) is 77.8 Å². The molecule has 0 aromatic heterocycles. The molecule has 25 heavy (non-hydrogen) atoms. The van der Waals surface area contributed by atoms with Crippen LogP contribution in [0.25, 0.3) is 6.08 Å². The molecule has 1 fully saturated rings. The van der Waals surface area contributed by atoms with Gasteiger partial charge in [-0.1, -0.05) is 24.0 Å². The van der Waals surface area contributed by atoms with Crippen LogP contribution < -0.4 is 0 Å². The largest absolute Gasteiger partial charge is 0.507 e. The van der Waals surface area contributed by atoms with E-state index in [1.165, 1.54) is 16.7 Å². The van der Waals surface area contributed by atoms with Crippen LogP contribution in [0.2, 0.25) is 0 Å². The molecule has 2 rings (SSSR count). The highest BCUT2D eigenvalue weighted by molar-refractivity contribution is 8.26. The molecular weight excluding hydrogens is 378 g/mol.